The Kier molecular flexibility index (Phi) is 4.53. The highest BCUT2D eigenvalue weighted by molar-refractivity contribution is 7.80. The van der Waals surface area contributed by atoms with Crippen LogP contribution in [0.4, 0.5) is 0 Å². The third kappa shape index (κ3) is 3.45. The molecule has 20 heavy (non-hydrogen) atoms. The van der Waals surface area contributed by atoms with Gasteiger partial charge in [-0.1, -0.05) is 30.3 Å². The molecular formula is C15H17N3OS. The van der Waals surface area contributed by atoms with Gasteiger partial charge in [-0.3, -0.25) is 5.43 Å². The van der Waals surface area contributed by atoms with Crippen LogP contribution in [0.25, 0.3) is 10.8 Å². The van der Waals surface area contributed by atoms with Gasteiger partial charge >= 0.3 is 0 Å². The Bertz CT molecular complexity index is 653. The van der Waals surface area contributed by atoms with Crippen LogP contribution in [0.3, 0.4) is 0 Å². The molecule has 4 nitrogen and oxygen atoms in total. The monoisotopic (exact) mass is 287 g/mol. The molecule has 2 rings (SSSR count). The highest BCUT2D eigenvalue weighted by Crippen LogP contribution is 2.27. The van der Waals surface area contributed by atoms with E-state index in [1.54, 1.807) is 6.21 Å². The lowest BCUT2D eigenvalue weighted by atomic mass is 10.0. The predicted octanol–water partition coefficient (Wildman–Crippen LogP) is 2.79. The van der Waals surface area contributed by atoms with E-state index in [1.807, 2.05) is 50.2 Å². The first-order chi connectivity index (χ1) is 9.58. The molecule has 0 heterocycles. The number of benzene rings is 2. The molecule has 0 spiro atoms. The Morgan fingerprint density at radius 1 is 1.30 bits per heavy atom. The lowest BCUT2D eigenvalue weighted by molar-refractivity contribution is 0.242. The largest absolute Gasteiger partial charge is 0.490 e. The Morgan fingerprint density at radius 3 is 2.75 bits per heavy atom. The topological polar surface area (TPSA) is 59.6 Å². The SMILES string of the molecule is CC(C)Oc1ccc2ccccc2c1/C=N\NC(N)=S. The fourth-order valence-corrected chi connectivity index (χ4v) is 1.98. The van der Waals surface area contributed by atoms with E-state index >= 15 is 0 Å². The van der Waals surface area contributed by atoms with E-state index in [1.165, 1.54) is 0 Å². The first-order valence-electron chi connectivity index (χ1n) is 6.35. The van der Waals surface area contributed by atoms with Crippen LogP contribution in [0, 0.1) is 0 Å². The van der Waals surface area contributed by atoms with Crippen LogP contribution in [0.5, 0.6) is 5.75 Å². The van der Waals surface area contributed by atoms with Crippen molar-refractivity contribution >= 4 is 34.3 Å². The summed E-state index contributed by atoms with van der Waals surface area (Å²) in [5, 5.41) is 6.36. The van der Waals surface area contributed by atoms with Gasteiger partial charge in [-0.25, -0.2) is 0 Å². The normalized spacial score (nSPS) is 11.2. The minimum Gasteiger partial charge on any atom is -0.490 e. The van der Waals surface area contributed by atoms with Crippen molar-refractivity contribution in [3.8, 4) is 5.75 Å². The maximum atomic E-state index is 5.83. The zero-order valence-electron chi connectivity index (χ0n) is 11.5. The molecule has 5 heteroatoms. The summed E-state index contributed by atoms with van der Waals surface area (Å²) < 4.78 is 5.83. The minimum atomic E-state index is 0.0897. The second-order valence-corrected chi connectivity index (χ2v) is 5.04. The third-order valence-corrected chi connectivity index (χ3v) is 2.75. The zero-order chi connectivity index (χ0) is 14.5. The fourth-order valence-electron chi connectivity index (χ4n) is 1.93. The summed E-state index contributed by atoms with van der Waals surface area (Å²) in [6.07, 6.45) is 1.77. The van der Waals surface area contributed by atoms with E-state index in [0.717, 1.165) is 22.1 Å². The van der Waals surface area contributed by atoms with E-state index < -0.39 is 0 Å². The Labute approximate surface area is 123 Å². The standard InChI is InChI=1S/C15H17N3OS/c1-10(2)19-14-8-7-11-5-3-4-6-12(11)13(14)9-17-18-15(16)20/h3-10H,1-2H3,(H3,16,18,20)/b17-9-. The first kappa shape index (κ1) is 14.3. The van der Waals surface area contributed by atoms with Gasteiger partial charge in [0.25, 0.3) is 0 Å². The van der Waals surface area contributed by atoms with Crippen LogP contribution >= 0.6 is 12.2 Å². The minimum absolute atomic E-state index is 0.0897. The molecule has 3 N–H and O–H groups in total. The molecule has 0 aliphatic carbocycles. The summed E-state index contributed by atoms with van der Waals surface area (Å²) in [5.74, 6) is 0.784. The predicted molar refractivity (Wildman–Crippen MR) is 87.2 cm³/mol. The molecule has 0 saturated carbocycles. The molecule has 0 aromatic heterocycles. The van der Waals surface area contributed by atoms with Crippen LogP contribution in [0.1, 0.15) is 19.4 Å². The van der Waals surface area contributed by atoms with Crippen molar-refractivity contribution in [2.45, 2.75) is 20.0 Å². The summed E-state index contributed by atoms with van der Waals surface area (Å²) in [6.45, 7) is 3.98. The molecule has 0 amide bonds. The summed E-state index contributed by atoms with van der Waals surface area (Å²) in [4.78, 5) is 0. The highest BCUT2D eigenvalue weighted by atomic mass is 32.1. The van der Waals surface area contributed by atoms with Gasteiger partial charge < -0.3 is 10.5 Å². The molecule has 0 aliphatic heterocycles. The van der Waals surface area contributed by atoms with Gasteiger partial charge in [-0.15, -0.1) is 0 Å². The van der Waals surface area contributed by atoms with E-state index in [0.29, 0.717) is 0 Å². The van der Waals surface area contributed by atoms with E-state index in [4.69, 9.17) is 22.7 Å². The molecule has 0 unspecified atom stereocenters. The number of hydrogen-bond acceptors (Lipinski definition) is 3. The number of nitrogens with one attached hydrogen (secondary N) is 1. The molecule has 2 aromatic rings. The third-order valence-electron chi connectivity index (χ3n) is 2.66. The Morgan fingerprint density at radius 2 is 2.05 bits per heavy atom. The van der Waals surface area contributed by atoms with E-state index in [9.17, 15) is 0 Å². The lowest BCUT2D eigenvalue weighted by Crippen LogP contribution is -2.24. The van der Waals surface area contributed by atoms with Gasteiger partial charge in [0.15, 0.2) is 5.11 Å². The summed E-state index contributed by atoms with van der Waals surface area (Å²) in [5.41, 5.74) is 8.83. The van der Waals surface area contributed by atoms with Crippen LogP contribution in [-0.2, 0) is 0 Å². The highest BCUT2D eigenvalue weighted by Gasteiger charge is 2.08. The first-order valence-corrected chi connectivity index (χ1v) is 6.75. The smallest absolute Gasteiger partial charge is 0.184 e. The number of nitrogens with zero attached hydrogens (tertiary/aromatic N) is 1. The van der Waals surface area contributed by atoms with Crippen LogP contribution < -0.4 is 15.9 Å². The van der Waals surface area contributed by atoms with Gasteiger partial charge in [0.05, 0.1) is 12.3 Å². The van der Waals surface area contributed by atoms with Crippen molar-refractivity contribution in [3.05, 3.63) is 42.0 Å². The molecule has 0 bridgehead atoms. The maximum absolute atomic E-state index is 5.83. The summed E-state index contributed by atoms with van der Waals surface area (Å²) in [7, 11) is 0. The number of hydrogen-bond donors (Lipinski definition) is 2. The van der Waals surface area contributed by atoms with Crippen molar-refractivity contribution in [3.63, 3.8) is 0 Å². The second kappa shape index (κ2) is 6.34. The van der Waals surface area contributed by atoms with Crippen molar-refractivity contribution in [2.24, 2.45) is 10.8 Å². The lowest BCUT2D eigenvalue weighted by Gasteiger charge is -2.14. The second-order valence-electron chi connectivity index (χ2n) is 4.60. The maximum Gasteiger partial charge on any atom is 0.184 e. The molecule has 0 fully saturated rings. The van der Waals surface area contributed by atoms with Gasteiger partial charge in [0, 0.05) is 5.56 Å². The molecule has 104 valence electrons. The average molecular weight is 287 g/mol. The van der Waals surface area contributed by atoms with E-state index in [-0.39, 0.29) is 11.2 Å². The van der Waals surface area contributed by atoms with Crippen LogP contribution in [-0.4, -0.2) is 17.4 Å². The summed E-state index contributed by atoms with van der Waals surface area (Å²) >= 11 is 4.73. The van der Waals surface area contributed by atoms with Gasteiger partial charge in [0.2, 0.25) is 0 Å². The number of nitrogens with two attached hydrogens (primary N) is 1. The van der Waals surface area contributed by atoms with Crippen molar-refractivity contribution in [1.82, 2.24) is 5.43 Å². The Hall–Kier alpha value is -2.14. The molecule has 2 aromatic carbocycles. The van der Waals surface area contributed by atoms with Gasteiger partial charge in [-0.05, 0) is 42.9 Å². The zero-order valence-corrected chi connectivity index (χ0v) is 12.3. The van der Waals surface area contributed by atoms with Crippen molar-refractivity contribution < 1.29 is 4.74 Å². The molecule has 0 aliphatic rings. The van der Waals surface area contributed by atoms with Crippen LogP contribution in [0.2, 0.25) is 0 Å². The number of thiocarbonyl (C=S) groups is 1. The molecule has 0 saturated heterocycles. The number of hydrazone groups is 1. The van der Waals surface area contributed by atoms with Gasteiger partial charge in [-0.2, -0.15) is 5.10 Å². The molecule has 0 atom stereocenters. The van der Waals surface area contributed by atoms with E-state index in [2.05, 4.69) is 10.5 Å². The Balaban J connectivity index is 2.49. The summed E-state index contributed by atoms with van der Waals surface area (Å²) in [6, 6.07) is 12.0. The average Bonchev–Trinajstić information content (AvgIpc) is 2.40. The number of ether oxygens (including phenoxy) is 1. The number of fused-ring (bicyclic) bond motifs is 1. The van der Waals surface area contributed by atoms with Gasteiger partial charge in [0.1, 0.15) is 5.75 Å². The number of rotatable bonds is 4. The fraction of sp³-hybridized carbons (Fsp3) is 0.200. The molecular weight excluding hydrogens is 270 g/mol. The van der Waals surface area contributed by atoms with Crippen molar-refractivity contribution in [2.75, 3.05) is 0 Å². The van der Waals surface area contributed by atoms with Crippen LogP contribution in [0.15, 0.2) is 41.5 Å². The quantitative estimate of drug-likeness (QED) is 0.516. The molecule has 0 radical (unpaired) electrons. The van der Waals surface area contributed by atoms with Crippen molar-refractivity contribution in [1.29, 1.82) is 0 Å².